The molecule has 3 rings (SSSR count). The Morgan fingerprint density at radius 1 is 1.00 bits per heavy atom. The molecule has 0 atom stereocenters. The number of nitrogens with zero attached hydrogens (tertiary/aromatic N) is 3. The molecule has 0 bridgehead atoms. The third-order valence-corrected chi connectivity index (χ3v) is 3.21. The highest BCUT2D eigenvalue weighted by atomic mass is 16.3. The Morgan fingerprint density at radius 2 is 1.82 bits per heavy atom. The normalized spacial score (nSPS) is 11.4. The van der Waals surface area contributed by atoms with Gasteiger partial charge in [0.2, 0.25) is 12.4 Å². The van der Waals surface area contributed by atoms with Gasteiger partial charge in [0.1, 0.15) is 0 Å². The number of benzene rings is 1. The standard InChI is InChI=1S/C18H15N3O/c22-18(17-9-4-10-19-13-17)20-21-11-5-8-16(14-21)12-15-6-2-1-3-7-15/h1-11,13-14H,12H2. The predicted octanol–water partition coefficient (Wildman–Crippen LogP) is 1.53. The van der Waals surface area contributed by atoms with Crippen molar-refractivity contribution in [2.75, 3.05) is 0 Å². The quantitative estimate of drug-likeness (QED) is 0.415. The molecule has 0 fully saturated rings. The topological polar surface area (TPSA) is 52.2 Å². The van der Waals surface area contributed by atoms with E-state index >= 15 is 0 Å². The largest absolute Gasteiger partial charge is 0.854 e. The van der Waals surface area contributed by atoms with Gasteiger partial charge in [-0.1, -0.05) is 41.1 Å². The van der Waals surface area contributed by atoms with Crippen LogP contribution in [-0.4, -0.2) is 10.9 Å². The van der Waals surface area contributed by atoms with Crippen LogP contribution in [0.4, 0.5) is 0 Å². The van der Waals surface area contributed by atoms with E-state index in [-0.39, 0.29) is 5.90 Å². The van der Waals surface area contributed by atoms with Crippen LogP contribution in [0.15, 0.2) is 84.5 Å². The van der Waals surface area contributed by atoms with Gasteiger partial charge in [-0.2, -0.15) is 0 Å². The van der Waals surface area contributed by atoms with E-state index in [1.807, 2.05) is 36.5 Å². The van der Waals surface area contributed by atoms with Crippen molar-refractivity contribution in [1.82, 2.24) is 4.98 Å². The van der Waals surface area contributed by atoms with Crippen LogP contribution in [0.3, 0.4) is 0 Å². The summed E-state index contributed by atoms with van der Waals surface area (Å²) in [5.41, 5.74) is 2.79. The number of rotatable bonds is 4. The molecule has 108 valence electrons. The second-order valence-electron chi connectivity index (χ2n) is 4.90. The van der Waals surface area contributed by atoms with Gasteiger partial charge in [-0.25, -0.2) is 0 Å². The minimum absolute atomic E-state index is 0.310. The first-order valence-electron chi connectivity index (χ1n) is 7.02. The molecular weight excluding hydrogens is 274 g/mol. The summed E-state index contributed by atoms with van der Waals surface area (Å²) in [6.07, 6.45) is 7.56. The maximum atomic E-state index is 12.1. The summed E-state index contributed by atoms with van der Waals surface area (Å²) in [6.45, 7) is 0. The second kappa shape index (κ2) is 6.63. The van der Waals surface area contributed by atoms with E-state index in [2.05, 4.69) is 22.2 Å². The molecule has 0 spiro atoms. The molecule has 0 aliphatic heterocycles. The van der Waals surface area contributed by atoms with Crippen LogP contribution in [-0.2, 0) is 6.42 Å². The number of hydrogen-bond acceptors (Lipinski definition) is 3. The lowest BCUT2D eigenvalue weighted by atomic mass is 10.1. The van der Waals surface area contributed by atoms with E-state index in [1.54, 1.807) is 29.2 Å². The van der Waals surface area contributed by atoms with Crippen molar-refractivity contribution in [3.63, 3.8) is 0 Å². The Morgan fingerprint density at radius 3 is 2.59 bits per heavy atom. The molecule has 0 amide bonds. The minimum Gasteiger partial charge on any atom is -0.854 e. The number of aromatic nitrogens is 2. The van der Waals surface area contributed by atoms with E-state index in [0.717, 1.165) is 12.0 Å². The summed E-state index contributed by atoms with van der Waals surface area (Å²) in [5.74, 6) is -0.310. The SMILES string of the molecule is [O-]/C(=N\[n+]1cccc(Cc2ccccc2)c1)c1cccnc1. The van der Waals surface area contributed by atoms with E-state index in [1.165, 1.54) is 11.8 Å². The molecule has 0 aliphatic rings. The second-order valence-corrected chi connectivity index (χ2v) is 4.90. The smallest absolute Gasteiger partial charge is 0.205 e. The average molecular weight is 289 g/mol. The predicted molar refractivity (Wildman–Crippen MR) is 82.1 cm³/mol. The maximum Gasteiger partial charge on any atom is 0.205 e. The Kier molecular flexibility index (Phi) is 4.20. The number of pyridine rings is 2. The van der Waals surface area contributed by atoms with Gasteiger partial charge in [-0.3, -0.25) is 4.98 Å². The molecule has 22 heavy (non-hydrogen) atoms. The summed E-state index contributed by atoms with van der Waals surface area (Å²) in [6, 6.07) is 17.5. The fourth-order valence-corrected chi connectivity index (χ4v) is 2.16. The van der Waals surface area contributed by atoms with Crippen LogP contribution in [0.2, 0.25) is 0 Å². The molecular formula is C18H15N3O. The first kappa shape index (κ1) is 13.9. The molecule has 0 radical (unpaired) electrons. The monoisotopic (exact) mass is 289 g/mol. The summed E-state index contributed by atoms with van der Waals surface area (Å²) >= 11 is 0. The van der Waals surface area contributed by atoms with Gasteiger partial charge in [-0.05, 0) is 22.8 Å². The molecule has 0 aliphatic carbocycles. The zero-order chi connectivity index (χ0) is 15.2. The summed E-state index contributed by atoms with van der Waals surface area (Å²) < 4.78 is 1.55. The molecule has 3 aromatic rings. The van der Waals surface area contributed by atoms with Crippen LogP contribution in [0, 0.1) is 0 Å². The van der Waals surface area contributed by atoms with Crippen molar-refractivity contribution in [3.05, 3.63) is 96.1 Å². The highest BCUT2D eigenvalue weighted by Gasteiger charge is 2.03. The van der Waals surface area contributed by atoms with Crippen molar-refractivity contribution >= 4 is 5.90 Å². The molecule has 0 saturated carbocycles. The van der Waals surface area contributed by atoms with Gasteiger partial charge in [0.05, 0.1) is 5.90 Å². The average Bonchev–Trinajstić information content (AvgIpc) is 2.57. The zero-order valence-corrected chi connectivity index (χ0v) is 12.0. The van der Waals surface area contributed by atoms with E-state index in [0.29, 0.717) is 5.56 Å². The summed E-state index contributed by atoms with van der Waals surface area (Å²) in [4.78, 5) is 3.93. The van der Waals surface area contributed by atoms with E-state index in [4.69, 9.17) is 0 Å². The van der Waals surface area contributed by atoms with Crippen LogP contribution >= 0.6 is 0 Å². The molecule has 2 heterocycles. The fourth-order valence-electron chi connectivity index (χ4n) is 2.16. The summed E-state index contributed by atoms with van der Waals surface area (Å²) in [7, 11) is 0. The Balaban J connectivity index is 1.82. The third-order valence-electron chi connectivity index (χ3n) is 3.21. The number of hydrogen-bond donors (Lipinski definition) is 0. The zero-order valence-electron chi connectivity index (χ0n) is 12.0. The van der Waals surface area contributed by atoms with Crippen LogP contribution < -0.4 is 9.78 Å². The van der Waals surface area contributed by atoms with Gasteiger partial charge in [0.25, 0.3) is 0 Å². The van der Waals surface area contributed by atoms with Crippen LogP contribution in [0.25, 0.3) is 0 Å². The van der Waals surface area contributed by atoms with Crippen LogP contribution in [0.5, 0.6) is 0 Å². The first-order chi connectivity index (χ1) is 10.8. The van der Waals surface area contributed by atoms with E-state index < -0.39 is 0 Å². The van der Waals surface area contributed by atoms with Gasteiger partial charge in [0.15, 0.2) is 0 Å². The van der Waals surface area contributed by atoms with Gasteiger partial charge < -0.3 is 5.11 Å². The molecule has 0 unspecified atom stereocenters. The Bertz CT molecular complexity index is 771. The third kappa shape index (κ3) is 3.55. The van der Waals surface area contributed by atoms with E-state index in [9.17, 15) is 5.11 Å². The van der Waals surface area contributed by atoms with Gasteiger partial charge >= 0.3 is 0 Å². The van der Waals surface area contributed by atoms with Crippen molar-refractivity contribution < 1.29 is 9.78 Å². The van der Waals surface area contributed by atoms with Crippen molar-refractivity contribution in [2.24, 2.45) is 5.10 Å². The fraction of sp³-hybridized carbons (Fsp3) is 0.0556. The van der Waals surface area contributed by atoms with Crippen LogP contribution in [0.1, 0.15) is 16.7 Å². The molecule has 4 nitrogen and oxygen atoms in total. The van der Waals surface area contributed by atoms with Gasteiger partial charge in [0, 0.05) is 36.0 Å². The summed E-state index contributed by atoms with van der Waals surface area (Å²) in [5, 5.41) is 16.1. The molecule has 2 aromatic heterocycles. The first-order valence-corrected chi connectivity index (χ1v) is 7.02. The van der Waals surface area contributed by atoms with Crippen molar-refractivity contribution in [2.45, 2.75) is 6.42 Å². The maximum absolute atomic E-state index is 12.1. The minimum atomic E-state index is -0.310. The lowest BCUT2D eigenvalue weighted by Gasteiger charge is -2.05. The lowest BCUT2D eigenvalue weighted by molar-refractivity contribution is -0.681. The van der Waals surface area contributed by atoms with Gasteiger partial charge in [-0.15, -0.1) is 0 Å². The molecule has 0 saturated heterocycles. The lowest BCUT2D eigenvalue weighted by Crippen LogP contribution is -2.33. The molecule has 1 aromatic carbocycles. The van der Waals surface area contributed by atoms with Crippen molar-refractivity contribution in [1.29, 1.82) is 0 Å². The molecule has 4 heteroatoms. The highest BCUT2D eigenvalue weighted by Crippen LogP contribution is 2.06. The Labute approximate surface area is 129 Å². The van der Waals surface area contributed by atoms with Crippen molar-refractivity contribution in [3.8, 4) is 0 Å². The highest BCUT2D eigenvalue weighted by molar-refractivity contribution is 5.89. The Hall–Kier alpha value is -3.01. The molecule has 0 N–H and O–H groups in total.